The molecule has 0 radical (unpaired) electrons. The average Bonchev–Trinajstić information content (AvgIpc) is 3.02. The van der Waals surface area contributed by atoms with Crippen LogP contribution >= 0.6 is 0 Å². The quantitative estimate of drug-likeness (QED) is 0.382. The zero-order valence-corrected chi connectivity index (χ0v) is 10.2. The van der Waals surface area contributed by atoms with Gasteiger partial charge in [0.2, 0.25) is 10.3 Å². The number of ether oxygens (including phenoxy) is 1. The van der Waals surface area contributed by atoms with Crippen LogP contribution in [-0.2, 0) is 14.6 Å². The molecule has 2 rings (SSSR count). The van der Waals surface area contributed by atoms with Crippen LogP contribution in [0.15, 0.2) is 23.4 Å². The maximum atomic E-state index is 10.8. The Hall–Kier alpha value is -4.00. The van der Waals surface area contributed by atoms with Crippen LogP contribution in [0.2, 0.25) is 0 Å². The summed E-state index contributed by atoms with van der Waals surface area (Å²) in [5.74, 6) is -4.90. The van der Waals surface area contributed by atoms with Crippen LogP contribution in [0.4, 0.5) is 0 Å². The summed E-state index contributed by atoms with van der Waals surface area (Å²) in [6.07, 6.45) is 0. The van der Waals surface area contributed by atoms with E-state index in [4.69, 9.17) is 0 Å². The van der Waals surface area contributed by atoms with Gasteiger partial charge in [0.1, 0.15) is 0 Å². The second-order valence-corrected chi connectivity index (χ2v) is 3.33. The van der Waals surface area contributed by atoms with Gasteiger partial charge in [0.25, 0.3) is 10.1 Å². The van der Waals surface area contributed by atoms with Gasteiger partial charge in [0, 0.05) is 0 Å². The number of hydroxylamine groups is 4. The highest BCUT2D eigenvalue weighted by molar-refractivity contribution is 5.04. The summed E-state index contributed by atoms with van der Waals surface area (Å²) in [6, 6.07) is 0. The predicted molar refractivity (Wildman–Crippen MR) is 55.2 cm³/mol. The van der Waals surface area contributed by atoms with E-state index >= 15 is 0 Å². The molecule has 0 atom stereocenters. The summed E-state index contributed by atoms with van der Waals surface area (Å²) in [5.41, 5.74) is 3.22. The number of nitrogens with zero attached hydrogens (tertiary/aromatic N) is 6. The van der Waals surface area contributed by atoms with Crippen LogP contribution < -0.4 is 11.0 Å². The van der Waals surface area contributed by atoms with Gasteiger partial charge in [0.05, 0.1) is 0 Å². The van der Waals surface area contributed by atoms with E-state index in [0.29, 0.717) is 0 Å². The lowest BCUT2D eigenvalue weighted by atomic mass is 10.6. The molecule has 2 heterocycles. The zero-order chi connectivity index (χ0) is 17.3. The third-order valence-electron chi connectivity index (χ3n) is 2.06. The van der Waals surface area contributed by atoms with Crippen molar-refractivity contribution in [1.29, 1.82) is 0 Å². The van der Waals surface area contributed by atoms with Crippen molar-refractivity contribution in [3.63, 3.8) is 0 Å². The van der Waals surface area contributed by atoms with E-state index in [1.807, 2.05) is 0 Å². The number of hydrogen-bond donors (Lipinski definition) is 2. The molecule has 0 bridgehead atoms. The van der Waals surface area contributed by atoms with Crippen LogP contribution in [0, 0.1) is 40.5 Å². The van der Waals surface area contributed by atoms with Crippen LogP contribution in [-0.4, -0.2) is 30.3 Å². The third-order valence-corrected chi connectivity index (χ3v) is 2.06. The second kappa shape index (κ2) is 5.41. The fourth-order valence-electron chi connectivity index (χ4n) is 1.28. The van der Waals surface area contributed by atoms with Crippen molar-refractivity contribution >= 4 is 0 Å². The van der Waals surface area contributed by atoms with Crippen LogP contribution in [0.25, 0.3) is 0 Å². The number of nitro groups is 4. The third kappa shape index (κ3) is 2.61. The van der Waals surface area contributed by atoms with E-state index in [-0.39, 0.29) is 0 Å². The van der Waals surface area contributed by atoms with Crippen LogP contribution in [0.5, 0.6) is 0 Å². The summed E-state index contributed by atoms with van der Waals surface area (Å²) in [5, 5.41) is 39.0. The Kier molecular flexibility index (Phi) is 3.62. The molecule has 2 aliphatic rings. The predicted octanol–water partition coefficient (Wildman–Crippen LogP) is -2.30. The maximum absolute atomic E-state index is 10.8. The first-order chi connectivity index (χ1) is 10.7. The second-order valence-electron chi connectivity index (χ2n) is 3.33. The van der Waals surface area contributed by atoms with Crippen molar-refractivity contribution in [1.82, 2.24) is 21.3 Å². The van der Waals surface area contributed by atoms with E-state index in [1.165, 1.54) is 0 Å². The monoisotopic (exact) mass is 338 g/mol. The lowest BCUT2D eigenvalue weighted by Gasteiger charge is -2.01. The van der Waals surface area contributed by atoms with Crippen LogP contribution in [0.1, 0.15) is 0 Å². The van der Waals surface area contributed by atoms with Gasteiger partial charge >= 0.3 is 23.4 Å². The summed E-state index contributed by atoms with van der Waals surface area (Å²) in [6.45, 7) is 0. The summed E-state index contributed by atoms with van der Waals surface area (Å²) < 4.78 is 4.59. The zero-order valence-electron chi connectivity index (χ0n) is 10.2. The largest absolute Gasteiger partial charge is 0.488 e. The molecular weight excluding hydrogens is 336 g/mol. The standard InChI is InChI=1S/C4H2N8O11/c13-9(14)3-1(5-22-7(3)11(17)18)21-2-4(10(15)16)8(12(19)20)23-6-2/h5-6H. The molecule has 124 valence electrons. The SMILES string of the molecule is O=[N+]([O-])C1=C(OC2=C([N+](=O)[O-])N([N+](=O)[O-])ON2)NON1[N+](=O)[O-]. The summed E-state index contributed by atoms with van der Waals surface area (Å²) >= 11 is 0. The molecular formula is C4H2N8O11. The van der Waals surface area contributed by atoms with Crippen molar-refractivity contribution in [2.75, 3.05) is 0 Å². The minimum Gasteiger partial charge on any atom is -0.406 e. The van der Waals surface area contributed by atoms with Gasteiger partial charge in [-0.2, -0.15) is 11.0 Å². The van der Waals surface area contributed by atoms with Gasteiger partial charge in [0.15, 0.2) is 0 Å². The first-order valence-electron chi connectivity index (χ1n) is 4.94. The molecule has 0 aromatic carbocycles. The van der Waals surface area contributed by atoms with E-state index in [0.717, 1.165) is 0 Å². The molecule has 19 heteroatoms. The molecule has 2 N–H and O–H groups in total. The molecule has 0 saturated heterocycles. The van der Waals surface area contributed by atoms with Crippen molar-refractivity contribution in [2.45, 2.75) is 0 Å². The molecule has 19 nitrogen and oxygen atoms in total. The molecule has 0 aromatic heterocycles. The van der Waals surface area contributed by atoms with Gasteiger partial charge in [-0.3, -0.25) is 0 Å². The molecule has 0 fully saturated rings. The van der Waals surface area contributed by atoms with E-state index in [2.05, 4.69) is 14.6 Å². The van der Waals surface area contributed by atoms with Gasteiger partial charge in [-0.25, -0.2) is 20.2 Å². The Labute approximate surface area is 121 Å². The first kappa shape index (κ1) is 15.4. The lowest BCUT2D eigenvalue weighted by molar-refractivity contribution is -0.749. The highest BCUT2D eigenvalue weighted by Crippen LogP contribution is 2.24. The molecule has 23 heavy (non-hydrogen) atoms. The minimum atomic E-state index is -1.38. The molecule has 2 aliphatic heterocycles. The molecule has 0 aliphatic carbocycles. The Balaban J connectivity index is 2.39. The van der Waals surface area contributed by atoms with E-state index < -0.39 is 53.7 Å². The highest BCUT2D eigenvalue weighted by Gasteiger charge is 2.52. The maximum Gasteiger partial charge on any atom is 0.488 e. The summed E-state index contributed by atoms with van der Waals surface area (Å²) in [7, 11) is 0. The van der Waals surface area contributed by atoms with Crippen molar-refractivity contribution < 1.29 is 34.5 Å². The topological polar surface area (TPSA) is 231 Å². The van der Waals surface area contributed by atoms with Gasteiger partial charge in [-0.05, 0) is 19.7 Å². The number of hydrazine groups is 2. The van der Waals surface area contributed by atoms with Crippen molar-refractivity contribution in [2.24, 2.45) is 0 Å². The van der Waals surface area contributed by atoms with Gasteiger partial charge in [-0.15, -0.1) is 0 Å². The van der Waals surface area contributed by atoms with E-state index in [1.54, 1.807) is 11.0 Å². The van der Waals surface area contributed by atoms with Crippen molar-refractivity contribution in [3.8, 4) is 0 Å². The Bertz CT molecular complexity index is 611. The fraction of sp³-hybridized carbons (Fsp3) is 0. The smallest absolute Gasteiger partial charge is 0.406 e. The molecule has 0 saturated carbocycles. The molecule has 0 unspecified atom stereocenters. The van der Waals surface area contributed by atoms with Crippen LogP contribution in [0.3, 0.4) is 0 Å². The number of hydrogen-bond acceptors (Lipinski definition) is 13. The Morgan fingerprint density at radius 2 is 1.13 bits per heavy atom. The normalized spacial score (nSPS) is 17.0. The lowest BCUT2D eigenvalue weighted by Crippen LogP contribution is -2.30. The van der Waals surface area contributed by atoms with Crippen molar-refractivity contribution in [3.05, 3.63) is 63.9 Å². The molecule has 0 aromatic rings. The summed E-state index contributed by atoms with van der Waals surface area (Å²) in [4.78, 5) is 48.2. The van der Waals surface area contributed by atoms with Gasteiger partial charge in [-0.1, -0.05) is 0 Å². The number of nitrogens with one attached hydrogen (secondary N) is 2. The molecule has 0 amide bonds. The Morgan fingerprint density at radius 1 is 0.783 bits per heavy atom. The van der Waals surface area contributed by atoms with Gasteiger partial charge < -0.3 is 25.0 Å². The minimum absolute atomic E-state index is 0.442. The number of rotatable bonds is 6. The average molecular weight is 338 g/mol. The van der Waals surface area contributed by atoms with E-state index in [9.17, 15) is 40.5 Å². The molecule has 0 spiro atoms. The fourth-order valence-corrected chi connectivity index (χ4v) is 1.28. The Morgan fingerprint density at radius 3 is 1.39 bits per heavy atom. The highest BCUT2D eigenvalue weighted by atomic mass is 16.9. The first-order valence-corrected chi connectivity index (χ1v) is 4.94.